The number of ether oxygens (including phenoxy) is 3. The van der Waals surface area contributed by atoms with Gasteiger partial charge in [0.25, 0.3) is 0 Å². The van der Waals surface area contributed by atoms with Gasteiger partial charge >= 0.3 is 0 Å². The number of hydrogen-bond acceptors (Lipinski definition) is 5. The van der Waals surface area contributed by atoms with Crippen LogP contribution >= 0.6 is 12.2 Å². The molecule has 1 aromatic heterocycles. The van der Waals surface area contributed by atoms with Crippen LogP contribution < -0.4 is 19.9 Å². The molecule has 1 aromatic carbocycles. The molecule has 2 N–H and O–H groups in total. The molecule has 0 bridgehead atoms. The Labute approximate surface area is 122 Å². The van der Waals surface area contributed by atoms with Crippen molar-refractivity contribution in [1.82, 2.24) is 4.98 Å². The summed E-state index contributed by atoms with van der Waals surface area (Å²) in [5.41, 5.74) is 6.27. The van der Waals surface area contributed by atoms with E-state index in [1.807, 2.05) is 0 Å². The van der Waals surface area contributed by atoms with E-state index in [2.05, 4.69) is 4.98 Å². The Kier molecular flexibility index (Phi) is 4.37. The van der Waals surface area contributed by atoms with Gasteiger partial charge in [-0.3, -0.25) is 0 Å². The molecule has 0 unspecified atom stereocenters. The number of nitrogens with zero attached hydrogens (tertiary/aromatic N) is 1. The smallest absolute Gasteiger partial charge is 0.219 e. The van der Waals surface area contributed by atoms with Crippen LogP contribution in [0.2, 0.25) is 0 Å². The van der Waals surface area contributed by atoms with Crippen molar-refractivity contribution < 1.29 is 14.2 Å². The Morgan fingerprint density at radius 2 is 1.65 bits per heavy atom. The van der Waals surface area contributed by atoms with E-state index in [0.29, 0.717) is 33.7 Å². The van der Waals surface area contributed by atoms with E-state index in [1.165, 1.54) is 0 Å². The molecule has 0 aliphatic carbocycles. The summed E-state index contributed by atoms with van der Waals surface area (Å²) < 4.78 is 16.0. The van der Waals surface area contributed by atoms with Crippen LogP contribution in [-0.2, 0) is 0 Å². The number of thiocarbonyl (C=S) groups is 1. The van der Waals surface area contributed by atoms with Crippen LogP contribution in [0, 0.1) is 0 Å². The molecule has 5 nitrogen and oxygen atoms in total. The first-order valence-electron chi connectivity index (χ1n) is 5.79. The highest BCUT2D eigenvalue weighted by Gasteiger charge is 2.06. The molecule has 0 amide bonds. The van der Waals surface area contributed by atoms with E-state index in [1.54, 1.807) is 50.7 Å². The lowest BCUT2D eigenvalue weighted by Gasteiger charge is -2.09. The fourth-order valence-electron chi connectivity index (χ4n) is 1.58. The van der Waals surface area contributed by atoms with Crippen LogP contribution in [0.25, 0.3) is 0 Å². The molecule has 0 spiro atoms. The van der Waals surface area contributed by atoms with E-state index in [-0.39, 0.29) is 0 Å². The van der Waals surface area contributed by atoms with Crippen LogP contribution in [0.4, 0.5) is 0 Å². The van der Waals surface area contributed by atoms with Gasteiger partial charge in [0.15, 0.2) is 0 Å². The molecule has 0 saturated heterocycles. The van der Waals surface area contributed by atoms with Crippen LogP contribution in [0.15, 0.2) is 36.5 Å². The zero-order chi connectivity index (χ0) is 14.5. The molecule has 0 atom stereocenters. The molecule has 0 aliphatic rings. The van der Waals surface area contributed by atoms with Gasteiger partial charge < -0.3 is 19.9 Å². The zero-order valence-electron chi connectivity index (χ0n) is 11.1. The molecule has 1 heterocycles. The van der Waals surface area contributed by atoms with Crippen LogP contribution in [0.3, 0.4) is 0 Å². The van der Waals surface area contributed by atoms with E-state index in [4.69, 9.17) is 32.2 Å². The van der Waals surface area contributed by atoms with Crippen molar-refractivity contribution in [2.75, 3.05) is 14.2 Å². The highest BCUT2D eigenvalue weighted by molar-refractivity contribution is 7.80. The van der Waals surface area contributed by atoms with Gasteiger partial charge in [-0.25, -0.2) is 4.98 Å². The molecule has 0 aliphatic heterocycles. The van der Waals surface area contributed by atoms with Crippen molar-refractivity contribution in [3.05, 3.63) is 42.1 Å². The van der Waals surface area contributed by atoms with Gasteiger partial charge in [0.1, 0.15) is 22.2 Å². The SMILES string of the molecule is COc1cc(OC)cc(Oc2cc(C(N)=S)ccn2)c1. The lowest BCUT2D eigenvalue weighted by molar-refractivity contribution is 0.385. The van der Waals surface area contributed by atoms with E-state index in [0.717, 1.165) is 0 Å². The normalized spacial score (nSPS) is 9.90. The van der Waals surface area contributed by atoms with Gasteiger partial charge in [-0.2, -0.15) is 0 Å². The van der Waals surface area contributed by atoms with Crippen molar-refractivity contribution in [3.63, 3.8) is 0 Å². The lowest BCUT2D eigenvalue weighted by atomic mass is 10.2. The van der Waals surface area contributed by atoms with Crippen LogP contribution in [-0.4, -0.2) is 24.2 Å². The highest BCUT2D eigenvalue weighted by Crippen LogP contribution is 2.30. The van der Waals surface area contributed by atoms with Gasteiger partial charge in [0.05, 0.1) is 14.2 Å². The van der Waals surface area contributed by atoms with Gasteiger partial charge in [-0.15, -0.1) is 0 Å². The van der Waals surface area contributed by atoms with E-state index >= 15 is 0 Å². The first-order valence-corrected chi connectivity index (χ1v) is 6.20. The van der Waals surface area contributed by atoms with E-state index in [9.17, 15) is 0 Å². The second-order valence-electron chi connectivity index (χ2n) is 3.90. The molecule has 0 fully saturated rings. The minimum Gasteiger partial charge on any atom is -0.496 e. The van der Waals surface area contributed by atoms with Crippen molar-refractivity contribution in [2.45, 2.75) is 0 Å². The molecule has 0 saturated carbocycles. The molecular formula is C14H14N2O3S. The third-order valence-corrected chi connectivity index (χ3v) is 2.80. The van der Waals surface area contributed by atoms with Gasteiger partial charge in [0, 0.05) is 36.0 Å². The second kappa shape index (κ2) is 6.21. The number of aromatic nitrogens is 1. The summed E-state index contributed by atoms with van der Waals surface area (Å²) in [5, 5.41) is 0. The summed E-state index contributed by atoms with van der Waals surface area (Å²) in [6, 6.07) is 8.62. The number of nitrogens with two attached hydrogens (primary N) is 1. The van der Waals surface area contributed by atoms with E-state index < -0.39 is 0 Å². The highest BCUT2D eigenvalue weighted by atomic mass is 32.1. The average Bonchev–Trinajstić information content (AvgIpc) is 2.47. The molecule has 20 heavy (non-hydrogen) atoms. The van der Waals surface area contributed by atoms with Gasteiger partial charge in [0.2, 0.25) is 5.88 Å². The quantitative estimate of drug-likeness (QED) is 0.854. The molecule has 6 heteroatoms. The molecule has 104 valence electrons. The van der Waals surface area contributed by atoms with Crippen molar-refractivity contribution >= 4 is 17.2 Å². The summed E-state index contributed by atoms with van der Waals surface area (Å²) in [6.07, 6.45) is 1.58. The van der Waals surface area contributed by atoms with Gasteiger partial charge in [-0.1, -0.05) is 12.2 Å². The first kappa shape index (κ1) is 14.1. The number of rotatable bonds is 5. The fraction of sp³-hybridized carbons (Fsp3) is 0.143. The maximum atomic E-state index is 5.67. The number of pyridine rings is 1. The summed E-state index contributed by atoms with van der Waals surface area (Å²) in [4.78, 5) is 4.40. The second-order valence-corrected chi connectivity index (χ2v) is 4.34. The van der Waals surface area contributed by atoms with Crippen LogP contribution in [0.5, 0.6) is 23.1 Å². The third kappa shape index (κ3) is 3.36. The first-order chi connectivity index (χ1) is 9.62. The summed E-state index contributed by atoms with van der Waals surface area (Å²) in [6.45, 7) is 0. The Balaban J connectivity index is 2.29. The largest absolute Gasteiger partial charge is 0.496 e. The summed E-state index contributed by atoms with van der Waals surface area (Å²) in [7, 11) is 3.15. The number of hydrogen-bond donors (Lipinski definition) is 1. The maximum Gasteiger partial charge on any atom is 0.219 e. The standard InChI is InChI=1S/C14H14N2O3S/c1-17-10-6-11(18-2)8-12(7-10)19-13-5-9(14(15)20)3-4-16-13/h3-8H,1-2H3,(H2,15,20). The molecular weight excluding hydrogens is 276 g/mol. The third-order valence-electron chi connectivity index (χ3n) is 2.57. The lowest BCUT2D eigenvalue weighted by Crippen LogP contribution is -2.09. The zero-order valence-corrected chi connectivity index (χ0v) is 11.9. The Morgan fingerprint density at radius 3 is 2.20 bits per heavy atom. The summed E-state index contributed by atoms with van der Waals surface area (Å²) >= 11 is 4.92. The molecule has 0 radical (unpaired) electrons. The predicted molar refractivity (Wildman–Crippen MR) is 79.7 cm³/mol. The Bertz CT molecular complexity index is 609. The molecule has 2 aromatic rings. The van der Waals surface area contributed by atoms with Gasteiger partial charge in [-0.05, 0) is 6.07 Å². The summed E-state index contributed by atoms with van der Waals surface area (Å²) in [5.74, 6) is 2.20. The molecule has 2 rings (SSSR count). The van der Waals surface area contributed by atoms with Crippen molar-refractivity contribution in [1.29, 1.82) is 0 Å². The van der Waals surface area contributed by atoms with Crippen molar-refractivity contribution in [3.8, 4) is 23.1 Å². The maximum absolute atomic E-state index is 5.67. The monoisotopic (exact) mass is 290 g/mol. The van der Waals surface area contributed by atoms with Crippen molar-refractivity contribution in [2.24, 2.45) is 5.73 Å². The van der Waals surface area contributed by atoms with Crippen LogP contribution in [0.1, 0.15) is 5.56 Å². The minimum absolute atomic E-state index is 0.292. The topological polar surface area (TPSA) is 66.6 Å². The predicted octanol–water partition coefficient (Wildman–Crippen LogP) is 2.53. The fourth-order valence-corrected chi connectivity index (χ4v) is 1.71. The minimum atomic E-state index is 0.292. The average molecular weight is 290 g/mol. The number of benzene rings is 1. The Hall–Kier alpha value is -2.34. The Morgan fingerprint density at radius 1 is 1.05 bits per heavy atom. The number of methoxy groups -OCH3 is 2.